The zero-order chi connectivity index (χ0) is 13.7. The summed E-state index contributed by atoms with van der Waals surface area (Å²) in [7, 11) is 0. The van der Waals surface area contributed by atoms with Crippen LogP contribution in [0.15, 0.2) is 35.5 Å². The van der Waals surface area contributed by atoms with Crippen molar-refractivity contribution in [2.24, 2.45) is 0 Å². The lowest BCUT2D eigenvalue weighted by Crippen LogP contribution is -2.21. The molecule has 2 aromatic heterocycles. The van der Waals surface area contributed by atoms with E-state index >= 15 is 0 Å². The number of hydrogen-bond donors (Lipinski definition) is 1. The van der Waals surface area contributed by atoms with Crippen molar-refractivity contribution in [3.63, 3.8) is 0 Å². The van der Waals surface area contributed by atoms with E-state index in [-0.39, 0.29) is 5.56 Å². The van der Waals surface area contributed by atoms with Crippen molar-refractivity contribution >= 4 is 5.69 Å². The first-order valence-electron chi connectivity index (χ1n) is 6.41. The van der Waals surface area contributed by atoms with Crippen LogP contribution in [0.25, 0.3) is 0 Å². The minimum absolute atomic E-state index is 0.0544. The normalized spacial score (nSPS) is 10.4. The molecule has 0 unspecified atom stereocenters. The average Bonchev–Trinajstić information content (AvgIpc) is 2.40. The number of rotatable bonds is 5. The third-order valence-corrected chi connectivity index (χ3v) is 2.74. The molecule has 0 aliphatic carbocycles. The number of nitrogens with zero attached hydrogens (tertiary/aromatic N) is 3. The average molecular weight is 258 g/mol. The molecule has 2 aromatic rings. The summed E-state index contributed by atoms with van der Waals surface area (Å²) in [6.07, 6.45) is 4.38. The van der Waals surface area contributed by atoms with Gasteiger partial charge < -0.3 is 5.32 Å². The van der Waals surface area contributed by atoms with Gasteiger partial charge in [-0.3, -0.25) is 14.3 Å². The van der Waals surface area contributed by atoms with Gasteiger partial charge in [0, 0.05) is 30.2 Å². The summed E-state index contributed by atoms with van der Waals surface area (Å²) in [5.41, 5.74) is 2.54. The second-order valence-corrected chi connectivity index (χ2v) is 4.46. The molecule has 100 valence electrons. The van der Waals surface area contributed by atoms with Crippen LogP contribution in [0.5, 0.6) is 0 Å². The third-order valence-electron chi connectivity index (χ3n) is 2.74. The first kappa shape index (κ1) is 13.3. The lowest BCUT2D eigenvalue weighted by molar-refractivity contribution is 0.714. The number of aromatic nitrogens is 3. The maximum atomic E-state index is 11.8. The van der Waals surface area contributed by atoms with Crippen LogP contribution in [0.2, 0.25) is 0 Å². The minimum Gasteiger partial charge on any atom is -0.385 e. The fourth-order valence-electron chi connectivity index (χ4n) is 1.75. The molecule has 5 heteroatoms. The van der Waals surface area contributed by atoms with Crippen LogP contribution in [0.1, 0.15) is 24.7 Å². The largest absolute Gasteiger partial charge is 0.385 e. The van der Waals surface area contributed by atoms with E-state index < -0.39 is 0 Å². The highest BCUT2D eigenvalue weighted by molar-refractivity contribution is 5.43. The highest BCUT2D eigenvalue weighted by Gasteiger charge is 2.01. The lowest BCUT2D eigenvalue weighted by atomic mass is 10.3. The maximum absolute atomic E-state index is 11.8. The van der Waals surface area contributed by atoms with E-state index in [2.05, 4.69) is 22.2 Å². The number of anilines is 1. The molecule has 0 atom stereocenters. The fourth-order valence-corrected chi connectivity index (χ4v) is 1.75. The number of hydrogen-bond acceptors (Lipinski definition) is 4. The zero-order valence-electron chi connectivity index (χ0n) is 11.3. The van der Waals surface area contributed by atoms with Crippen LogP contribution in [-0.4, -0.2) is 21.1 Å². The van der Waals surface area contributed by atoms with Gasteiger partial charge in [0.1, 0.15) is 0 Å². The number of pyridine rings is 1. The van der Waals surface area contributed by atoms with E-state index in [1.165, 1.54) is 6.07 Å². The van der Waals surface area contributed by atoms with Gasteiger partial charge in [0.15, 0.2) is 0 Å². The Bertz CT molecular complexity index is 606. The van der Waals surface area contributed by atoms with Gasteiger partial charge in [0.2, 0.25) is 0 Å². The Balaban J connectivity index is 2.16. The summed E-state index contributed by atoms with van der Waals surface area (Å²) in [4.78, 5) is 20.2. The summed E-state index contributed by atoms with van der Waals surface area (Å²) in [5.74, 6) is 0. The van der Waals surface area contributed by atoms with E-state index in [0.29, 0.717) is 6.54 Å². The van der Waals surface area contributed by atoms with Crippen LogP contribution >= 0.6 is 0 Å². The molecule has 0 spiro atoms. The molecule has 0 aliphatic heterocycles. The predicted molar refractivity (Wildman–Crippen MR) is 75.4 cm³/mol. The van der Waals surface area contributed by atoms with E-state index in [4.69, 9.17) is 0 Å². The van der Waals surface area contributed by atoms with E-state index in [1.54, 1.807) is 24.0 Å². The smallest absolute Gasteiger partial charge is 0.253 e. The molecule has 0 aliphatic rings. The van der Waals surface area contributed by atoms with Gasteiger partial charge in [-0.15, -0.1) is 0 Å². The minimum atomic E-state index is -0.0544. The molecule has 0 saturated carbocycles. The topological polar surface area (TPSA) is 59.8 Å². The molecule has 0 aromatic carbocycles. The Morgan fingerprint density at radius 1 is 1.32 bits per heavy atom. The molecular formula is C14H18N4O. The third kappa shape index (κ3) is 3.64. The van der Waals surface area contributed by atoms with Crippen molar-refractivity contribution < 1.29 is 0 Å². The van der Waals surface area contributed by atoms with Crippen molar-refractivity contribution in [3.05, 3.63) is 52.5 Å². The van der Waals surface area contributed by atoms with Crippen molar-refractivity contribution in [3.8, 4) is 0 Å². The summed E-state index contributed by atoms with van der Waals surface area (Å²) in [6.45, 7) is 5.29. The van der Waals surface area contributed by atoms with E-state index in [1.807, 2.05) is 12.1 Å². The van der Waals surface area contributed by atoms with Crippen LogP contribution in [0.3, 0.4) is 0 Å². The van der Waals surface area contributed by atoms with Crippen molar-refractivity contribution in [1.82, 2.24) is 14.5 Å². The fraction of sp³-hybridized carbons (Fsp3) is 0.357. The van der Waals surface area contributed by atoms with Crippen LogP contribution in [0.4, 0.5) is 5.69 Å². The second kappa shape index (κ2) is 6.13. The monoisotopic (exact) mass is 258 g/mol. The van der Waals surface area contributed by atoms with Gasteiger partial charge in [-0.1, -0.05) is 6.92 Å². The molecule has 2 heterocycles. The van der Waals surface area contributed by atoms with Crippen LogP contribution in [-0.2, 0) is 6.54 Å². The van der Waals surface area contributed by atoms with Gasteiger partial charge in [0.05, 0.1) is 18.6 Å². The molecule has 0 amide bonds. The van der Waals surface area contributed by atoms with E-state index in [9.17, 15) is 4.79 Å². The predicted octanol–water partition coefficient (Wildman–Crippen LogP) is 1.82. The Morgan fingerprint density at radius 2 is 2.16 bits per heavy atom. The number of nitrogens with one attached hydrogen (secondary N) is 1. The Labute approximate surface area is 112 Å². The van der Waals surface area contributed by atoms with E-state index in [0.717, 1.165) is 30.0 Å². The lowest BCUT2D eigenvalue weighted by Gasteiger charge is -2.08. The van der Waals surface area contributed by atoms with Gasteiger partial charge >= 0.3 is 0 Å². The molecule has 0 saturated heterocycles. The van der Waals surface area contributed by atoms with Crippen LogP contribution in [0, 0.1) is 6.92 Å². The highest BCUT2D eigenvalue weighted by atomic mass is 16.1. The molecule has 0 radical (unpaired) electrons. The first-order valence-corrected chi connectivity index (χ1v) is 6.41. The molecular weight excluding hydrogens is 240 g/mol. The molecule has 1 N–H and O–H groups in total. The van der Waals surface area contributed by atoms with Crippen LogP contribution < -0.4 is 10.9 Å². The molecule has 19 heavy (non-hydrogen) atoms. The Kier molecular flexibility index (Phi) is 4.28. The van der Waals surface area contributed by atoms with Crippen molar-refractivity contribution in [1.29, 1.82) is 0 Å². The molecule has 2 rings (SSSR count). The summed E-state index contributed by atoms with van der Waals surface area (Å²) < 4.78 is 1.55. The first-order chi connectivity index (χ1) is 9.19. The van der Waals surface area contributed by atoms with Crippen molar-refractivity contribution in [2.75, 3.05) is 11.9 Å². The Hall–Kier alpha value is -2.17. The summed E-state index contributed by atoms with van der Waals surface area (Å²) >= 11 is 0. The SMILES string of the molecule is CCCNc1ccnc(Cn2cnc(C)cc2=O)c1. The molecule has 0 fully saturated rings. The highest BCUT2D eigenvalue weighted by Crippen LogP contribution is 2.08. The van der Waals surface area contributed by atoms with Gasteiger partial charge in [0.25, 0.3) is 5.56 Å². The van der Waals surface area contributed by atoms with Crippen molar-refractivity contribution in [2.45, 2.75) is 26.8 Å². The maximum Gasteiger partial charge on any atom is 0.253 e. The molecule has 5 nitrogen and oxygen atoms in total. The summed E-state index contributed by atoms with van der Waals surface area (Å²) in [6, 6.07) is 5.41. The standard InChI is InChI=1S/C14H18N4O/c1-3-5-15-12-4-6-16-13(8-12)9-18-10-17-11(2)7-14(18)19/h4,6-8,10H,3,5,9H2,1-2H3,(H,15,16). The van der Waals surface area contributed by atoms with Gasteiger partial charge in [-0.05, 0) is 25.5 Å². The zero-order valence-corrected chi connectivity index (χ0v) is 11.3. The Morgan fingerprint density at radius 3 is 2.89 bits per heavy atom. The molecule has 0 bridgehead atoms. The quantitative estimate of drug-likeness (QED) is 0.888. The number of aryl methyl sites for hydroxylation is 1. The van der Waals surface area contributed by atoms with Gasteiger partial charge in [-0.2, -0.15) is 0 Å². The second-order valence-electron chi connectivity index (χ2n) is 4.46. The van der Waals surface area contributed by atoms with Gasteiger partial charge in [-0.25, -0.2) is 4.98 Å². The summed E-state index contributed by atoms with van der Waals surface area (Å²) in [5, 5.41) is 3.30.